The largest absolute Gasteiger partial charge is 0.418 e. The molecule has 6 nitrogen and oxygen atoms in total. The topological polar surface area (TPSA) is 72.3 Å². The third-order valence-electron chi connectivity index (χ3n) is 6.10. The van der Waals surface area contributed by atoms with Crippen molar-refractivity contribution in [1.29, 1.82) is 5.26 Å². The number of carbonyl (C=O) groups is 1. The molecule has 2 atom stereocenters. The first kappa shape index (κ1) is 22.3. The van der Waals surface area contributed by atoms with E-state index >= 15 is 0 Å². The predicted molar refractivity (Wildman–Crippen MR) is 110 cm³/mol. The number of hydrogen-bond acceptors (Lipinski definition) is 5. The lowest BCUT2D eigenvalue weighted by molar-refractivity contribution is -0.136. The second-order valence-electron chi connectivity index (χ2n) is 8.28. The number of piperidine rings is 1. The summed E-state index contributed by atoms with van der Waals surface area (Å²) in [5, 5.41) is 12.9. The quantitative estimate of drug-likeness (QED) is 0.723. The Kier molecular flexibility index (Phi) is 6.20. The number of aromatic nitrogens is 1. The zero-order valence-corrected chi connectivity index (χ0v) is 17.3. The third-order valence-corrected chi connectivity index (χ3v) is 6.10. The first-order chi connectivity index (χ1) is 15.3. The lowest BCUT2D eigenvalue weighted by Crippen LogP contribution is -2.46. The van der Waals surface area contributed by atoms with Gasteiger partial charge in [0.1, 0.15) is 12.2 Å². The van der Waals surface area contributed by atoms with Crippen LogP contribution < -0.4 is 5.32 Å². The van der Waals surface area contributed by atoms with Crippen LogP contribution in [0.1, 0.15) is 24.8 Å². The summed E-state index contributed by atoms with van der Waals surface area (Å²) in [7, 11) is 0. The Balaban J connectivity index is 1.37. The molecule has 1 aromatic carbocycles. The van der Waals surface area contributed by atoms with Crippen LogP contribution in [0, 0.1) is 11.3 Å². The average molecular weight is 449 g/mol. The Hall–Kier alpha value is -2.93. The summed E-state index contributed by atoms with van der Waals surface area (Å²) in [5.74, 6) is -0.247. The van der Waals surface area contributed by atoms with E-state index in [0.29, 0.717) is 37.0 Å². The average Bonchev–Trinajstić information content (AvgIpc) is 3.15. The van der Waals surface area contributed by atoms with E-state index in [-0.39, 0.29) is 37.0 Å². The van der Waals surface area contributed by atoms with Crippen LogP contribution in [0.2, 0.25) is 0 Å². The fourth-order valence-electron chi connectivity index (χ4n) is 4.45. The highest BCUT2D eigenvalue weighted by atomic mass is 19.4. The number of nitrogens with one attached hydrogen (secondary N) is 1. The molecule has 2 aromatic rings. The second-order valence-corrected chi connectivity index (χ2v) is 8.28. The Labute approximate surface area is 182 Å². The van der Waals surface area contributed by atoms with E-state index in [4.69, 9.17) is 5.26 Å². The molecular formula is C22H23F4N5O. The van der Waals surface area contributed by atoms with Crippen LogP contribution >= 0.6 is 0 Å². The van der Waals surface area contributed by atoms with E-state index in [1.807, 2.05) is 11.0 Å². The third kappa shape index (κ3) is 4.63. The number of alkyl halides is 4. The molecule has 0 spiro atoms. The summed E-state index contributed by atoms with van der Waals surface area (Å²) >= 11 is 0. The molecule has 0 bridgehead atoms. The van der Waals surface area contributed by atoms with Crippen molar-refractivity contribution in [3.8, 4) is 6.07 Å². The molecule has 2 fully saturated rings. The molecule has 1 N–H and O–H groups in total. The van der Waals surface area contributed by atoms with E-state index in [1.54, 1.807) is 12.1 Å². The number of pyridine rings is 1. The lowest BCUT2D eigenvalue weighted by Gasteiger charge is -2.33. The summed E-state index contributed by atoms with van der Waals surface area (Å²) in [6, 6.07) is 7.02. The maximum absolute atomic E-state index is 13.6. The van der Waals surface area contributed by atoms with Gasteiger partial charge in [0.05, 0.1) is 30.2 Å². The predicted octanol–water partition coefficient (Wildman–Crippen LogP) is 3.59. The van der Waals surface area contributed by atoms with Gasteiger partial charge >= 0.3 is 6.18 Å². The van der Waals surface area contributed by atoms with Crippen LogP contribution in [0.15, 0.2) is 30.5 Å². The number of anilines is 1. The van der Waals surface area contributed by atoms with Gasteiger partial charge in [-0.1, -0.05) is 0 Å². The van der Waals surface area contributed by atoms with Gasteiger partial charge in [0.25, 0.3) is 0 Å². The molecule has 0 aliphatic carbocycles. The molecule has 1 aromatic heterocycles. The van der Waals surface area contributed by atoms with Gasteiger partial charge < -0.3 is 10.2 Å². The summed E-state index contributed by atoms with van der Waals surface area (Å²) in [6.45, 7) is 1.32. The fourth-order valence-corrected chi connectivity index (χ4v) is 4.45. The molecule has 4 rings (SSSR count). The smallest absolute Gasteiger partial charge is 0.382 e. The highest BCUT2D eigenvalue weighted by molar-refractivity contribution is 5.93. The van der Waals surface area contributed by atoms with Crippen LogP contribution in [0.3, 0.4) is 0 Å². The van der Waals surface area contributed by atoms with E-state index < -0.39 is 24.0 Å². The SMILES string of the molecule is N#CC1C[C@H](F)CN1C(=O)CN1CCC(Nc2ccc(C(F)(F)F)c3ncccc23)CC1. The summed E-state index contributed by atoms with van der Waals surface area (Å²) in [6.07, 6.45) is -2.84. The zero-order chi connectivity index (χ0) is 22.9. The monoisotopic (exact) mass is 449 g/mol. The molecule has 0 saturated carbocycles. The van der Waals surface area contributed by atoms with E-state index in [1.165, 1.54) is 17.2 Å². The molecule has 1 amide bonds. The number of hydrogen-bond donors (Lipinski definition) is 1. The van der Waals surface area contributed by atoms with Crippen molar-refractivity contribution in [3.63, 3.8) is 0 Å². The highest BCUT2D eigenvalue weighted by Crippen LogP contribution is 2.37. The van der Waals surface area contributed by atoms with Crippen molar-refractivity contribution >= 4 is 22.5 Å². The molecular weight excluding hydrogens is 426 g/mol. The first-order valence-electron chi connectivity index (χ1n) is 10.5. The van der Waals surface area contributed by atoms with Gasteiger partial charge in [-0.2, -0.15) is 18.4 Å². The standard InChI is InChI=1S/C22H23F4N5O/c23-14-10-16(11-27)31(12-14)20(32)13-30-8-5-15(6-9-30)29-19-4-3-18(22(24,25)26)21-17(19)2-1-7-28-21/h1-4,7,14-16,29H,5-6,8-10,12-13H2/t14-,16?/m0/s1. The van der Waals surface area contributed by atoms with Crippen molar-refractivity contribution in [3.05, 3.63) is 36.0 Å². The molecule has 3 heterocycles. The number of rotatable bonds is 4. The van der Waals surface area contributed by atoms with Gasteiger partial charge in [-0.15, -0.1) is 0 Å². The Bertz CT molecular complexity index is 1030. The van der Waals surface area contributed by atoms with Gasteiger partial charge in [-0.3, -0.25) is 14.7 Å². The van der Waals surface area contributed by atoms with Crippen molar-refractivity contribution in [2.45, 2.75) is 43.7 Å². The number of nitrogens with zero attached hydrogens (tertiary/aromatic N) is 4. The zero-order valence-electron chi connectivity index (χ0n) is 17.3. The minimum atomic E-state index is -4.48. The van der Waals surface area contributed by atoms with Crippen LogP contribution in [-0.4, -0.2) is 65.1 Å². The number of halogens is 4. The van der Waals surface area contributed by atoms with Crippen molar-refractivity contribution < 1.29 is 22.4 Å². The van der Waals surface area contributed by atoms with Crippen molar-refractivity contribution in [2.75, 3.05) is 31.5 Å². The molecule has 32 heavy (non-hydrogen) atoms. The number of nitriles is 1. The minimum absolute atomic E-state index is 0.0374. The van der Waals surface area contributed by atoms with Gasteiger partial charge in [-0.25, -0.2) is 4.39 Å². The number of likely N-dealkylation sites (tertiary alicyclic amines) is 2. The highest BCUT2D eigenvalue weighted by Gasteiger charge is 2.36. The number of fused-ring (bicyclic) bond motifs is 1. The molecule has 2 aliphatic heterocycles. The maximum atomic E-state index is 13.6. The van der Waals surface area contributed by atoms with Crippen molar-refractivity contribution in [2.24, 2.45) is 0 Å². The molecule has 1 unspecified atom stereocenters. The number of carbonyl (C=O) groups excluding carboxylic acids is 1. The van der Waals surface area contributed by atoms with Gasteiger partial charge in [0, 0.05) is 42.8 Å². The number of amides is 1. The molecule has 10 heteroatoms. The molecule has 0 radical (unpaired) electrons. The normalized spacial score (nSPS) is 22.8. The van der Waals surface area contributed by atoms with Crippen molar-refractivity contribution in [1.82, 2.24) is 14.8 Å². The Morgan fingerprint density at radius 2 is 2.00 bits per heavy atom. The second kappa shape index (κ2) is 8.90. The van der Waals surface area contributed by atoms with E-state index in [9.17, 15) is 22.4 Å². The van der Waals surface area contributed by atoms with Crippen LogP contribution in [0.4, 0.5) is 23.2 Å². The molecule has 170 valence electrons. The Morgan fingerprint density at radius 1 is 1.25 bits per heavy atom. The Morgan fingerprint density at radius 3 is 2.69 bits per heavy atom. The van der Waals surface area contributed by atoms with Gasteiger partial charge in [0.15, 0.2) is 0 Å². The summed E-state index contributed by atoms with van der Waals surface area (Å²) in [4.78, 5) is 19.7. The van der Waals surface area contributed by atoms with Gasteiger partial charge in [0.2, 0.25) is 5.91 Å². The van der Waals surface area contributed by atoms with E-state index in [2.05, 4.69) is 10.3 Å². The van der Waals surface area contributed by atoms with Gasteiger partial charge in [-0.05, 0) is 37.1 Å². The van der Waals surface area contributed by atoms with Crippen LogP contribution in [0.5, 0.6) is 0 Å². The molecule has 2 aliphatic rings. The summed E-state index contributed by atoms with van der Waals surface area (Å²) < 4.78 is 53.5. The lowest BCUT2D eigenvalue weighted by atomic mass is 10.0. The van der Waals surface area contributed by atoms with Crippen LogP contribution in [0.25, 0.3) is 10.9 Å². The molecule has 2 saturated heterocycles. The van der Waals surface area contributed by atoms with E-state index in [0.717, 1.165) is 6.07 Å². The minimum Gasteiger partial charge on any atom is -0.382 e. The maximum Gasteiger partial charge on any atom is 0.418 e. The van der Waals surface area contributed by atoms with Crippen LogP contribution in [-0.2, 0) is 11.0 Å². The summed E-state index contributed by atoms with van der Waals surface area (Å²) in [5.41, 5.74) is -0.254. The number of benzene rings is 1. The first-order valence-corrected chi connectivity index (χ1v) is 10.5. The fraction of sp³-hybridized carbons (Fsp3) is 0.500.